The van der Waals surface area contributed by atoms with Crippen LogP contribution in [0.3, 0.4) is 0 Å². The van der Waals surface area contributed by atoms with Crippen LogP contribution < -0.4 is 0 Å². The van der Waals surface area contributed by atoms with Crippen LogP contribution in [0.25, 0.3) is 0 Å². The summed E-state index contributed by atoms with van der Waals surface area (Å²) >= 11 is 0. The molecule has 1 atom stereocenters. The molecule has 0 aliphatic carbocycles. The highest BCUT2D eigenvalue weighted by Gasteiger charge is 2.32. The molecule has 2 rings (SSSR count). The zero-order valence-corrected chi connectivity index (χ0v) is 13.0. The molecule has 0 amide bonds. The molecular formula is C15H21NO4S. The summed E-state index contributed by atoms with van der Waals surface area (Å²) in [6.07, 6.45) is 3.07. The molecule has 21 heavy (non-hydrogen) atoms. The Hall–Kier alpha value is -1.24. The van der Waals surface area contributed by atoms with Crippen LogP contribution in [0.2, 0.25) is 0 Å². The third-order valence-corrected chi connectivity index (χ3v) is 5.87. The van der Waals surface area contributed by atoms with E-state index in [9.17, 15) is 13.2 Å². The van der Waals surface area contributed by atoms with Crippen molar-refractivity contribution in [2.75, 3.05) is 13.2 Å². The molecule has 1 fully saturated rings. The first kappa shape index (κ1) is 16.1. The Bertz CT molecular complexity index is 593. The van der Waals surface area contributed by atoms with Gasteiger partial charge in [0.05, 0.1) is 4.90 Å². The molecular weight excluding hydrogens is 290 g/mol. The number of Topliss-reactive ketones (excluding diaryl/α,β-unsaturated/α-hetero) is 1. The molecule has 1 aromatic rings. The zero-order chi connectivity index (χ0) is 15.5. The van der Waals surface area contributed by atoms with Gasteiger partial charge in [0, 0.05) is 24.8 Å². The molecule has 0 aromatic heterocycles. The van der Waals surface area contributed by atoms with Crippen molar-refractivity contribution in [3.63, 3.8) is 0 Å². The number of rotatable bonds is 5. The highest BCUT2D eigenvalue weighted by molar-refractivity contribution is 7.89. The van der Waals surface area contributed by atoms with Gasteiger partial charge in [-0.3, -0.25) is 4.79 Å². The summed E-state index contributed by atoms with van der Waals surface area (Å²) in [5.74, 6) is -0.0879. The second-order valence-electron chi connectivity index (χ2n) is 5.36. The molecule has 0 spiro atoms. The molecule has 1 N–H and O–H groups in total. The average molecular weight is 311 g/mol. The van der Waals surface area contributed by atoms with E-state index in [4.69, 9.17) is 5.11 Å². The van der Waals surface area contributed by atoms with Crippen molar-refractivity contribution in [2.45, 2.75) is 43.5 Å². The number of ketones is 1. The molecule has 1 saturated heterocycles. The van der Waals surface area contributed by atoms with Gasteiger partial charge in [-0.25, -0.2) is 8.42 Å². The first-order valence-corrected chi connectivity index (χ1v) is 8.64. The van der Waals surface area contributed by atoms with Gasteiger partial charge >= 0.3 is 0 Å². The highest BCUT2D eigenvalue weighted by Crippen LogP contribution is 2.27. The first-order chi connectivity index (χ1) is 9.96. The van der Waals surface area contributed by atoms with E-state index in [1.807, 2.05) is 0 Å². The molecule has 0 saturated carbocycles. The van der Waals surface area contributed by atoms with Crippen LogP contribution in [0, 0.1) is 0 Å². The van der Waals surface area contributed by atoms with Gasteiger partial charge in [-0.05, 0) is 38.3 Å². The van der Waals surface area contributed by atoms with Gasteiger partial charge in [0.15, 0.2) is 5.78 Å². The Morgan fingerprint density at radius 1 is 1.29 bits per heavy atom. The smallest absolute Gasteiger partial charge is 0.243 e. The topological polar surface area (TPSA) is 74.7 Å². The molecule has 1 heterocycles. The second kappa shape index (κ2) is 6.68. The van der Waals surface area contributed by atoms with Gasteiger partial charge in [-0.1, -0.05) is 18.6 Å². The predicted molar refractivity (Wildman–Crippen MR) is 79.7 cm³/mol. The fourth-order valence-electron chi connectivity index (χ4n) is 2.72. The largest absolute Gasteiger partial charge is 0.396 e. The summed E-state index contributed by atoms with van der Waals surface area (Å²) in [6.45, 7) is 1.92. The molecule has 1 aromatic carbocycles. The number of carbonyl (C=O) groups excluding carboxylic acids is 1. The number of benzene rings is 1. The quantitative estimate of drug-likeness (QED) is 0.842. The maximum Gasteiger partial charge on any atom is 0.243 e. The Balaban J connectivity index is 2.28. The Morgan fingerprint density at radius 2 is 1.95 bits per heavy atom. The van der Waals surface area contributed by atoms with Crippen molar-refractivity contribution in [1.29, 1.82) is 0 Å². The molecule has 1 aliphatic rings. The summed E-state index contributed by atoms with van der Waals surface area (Å²) in [6, 6.07) is 5.91. The lowest BCUT2D eigenvalue weighted by atomic mass is 10.0. The predicted octanol–water partition coefficient (Wildman–Crippen LogP) is 1.81. The molecule has 1 aliphatic heterocycles. The number of hydrogen-bond acceptors (Lipinski definition) is 4. The monoisotopic (exact) mass is 311 g/mol. The van der Waals surface area contributed by atoms with Gasteiger partial charge in [-0.2, -0.15) is 4.31 Å². The SMILES string of the molecule is CC(=O)c1ccc(S(=O)(=O)N2CCCC[C@@H]2CCO)cc1. The van der Waals surface area contributed by atoms with Crippen molar-refractivity contribution in [2.24, 2.45) is 0 Å². The molecule has 5 nitrogen and oxygen atoms in total. The first-order valence-electron chi connectivity index (χ1n) is 7.20. The van der Waals surface area contributed by atoms with Crippen LogP contribution >= 0.6 is 0 Å². The van der Waals surface area contributed by atoms with Gasteiger partial charge in [0.2, 0.25) is 10.0 Å². The van der Waals surface area contributed by atoms with E-state index in [1.165, 1.54) is 23.4 Å². The van der Waals surface area contributed by atoms with Crippen LogP contribution in [-0.2, 0) is 10.0 Å². The summed E-state index contributed by atoms with van der Waals surface area (Å²) in [5.41, 5.74) is 0.500. The second-order valence-corrected chi connectivity index (χ2v) is 7.25. The summed E-state index contributed by atoms with van der Waals surface area (Å²) in [7, 11) is -3.56. The van der Waals surface area contributed by atoms with Gasteiger partial charge in [0.25, 0.3) is 0 Å². The maximum atomic E-state index is 12.7. The number of sulfonamides is 1. The Kier molecular flexibility index (Phi) is 5.13. The number of piperidine rings is 1. The van der Waals surface area contributed by atoms with Crippen LogP contribution in [0.15, 0.2) is 29.2 Å². The number of nitrogens with zero attached hydrogens (tertiary/aromatic N) is 1. The number of aliphatic hydroxyl groups is 1. The zero-order valence-electron chi connectivity index (χ0n) is 12.2. The van der Waals surface area contributed by atoms with Crippen molar-refractivity contribution in [3.05, 3.63) is 29.8 Å². The van der Waals surface area contributed by atoms with E-state index in [-0.39, 0.29) is 23.3 Å². The van der Waals surface area contributed by atoms with Crippen molar-refractivity contribution in [1.82, 2.24) is 4.31 Å². The van der Waals surface area contributed by atoms with Crippen molar-refractivity contribution in [3.8, 4) is 0 Å². The van der Waals surface area contributed by atoms with E-state index in [1.54, 1.807) is 12.1 Å². The Morgan fingerprint density at radius 3 is 2.52 bits per heavy atom. The van der Waals surface area contributed by atoms with Crippen LogP contribution in [-0.4, -0.2) is 42.8 Å². The van der Waals surface area contributed by atoms with E-state index in [0.717, 1.165) is 19.3 Å². The number of hydrogen-bond donors (Lipinski definition) is 1. The fraction of sp³-hybridized carbons (Fsp3) is 0.533. The van der Waals surface area contributed by atoms with Gasteiger partial charge in [-0.15, -0.1) is 0 Å². The van der Waals surface area contributed by atoms with E-state index in [0.29, 0.717) is 18.5 Å². The van der Waals surface area contributed by atoms with E-state index >= 15 is 0 Å². The molecule has 0 unspecified atom stereocenters. The fourth-order valence-corrected chi connectivity index (χ4v) is 4.45. The number of carbonyl (C=O) groups is 1. The molecule has 6 heteroatoms. The standard InChI is InChI=1S/C15H21NO4S/c1-12(18)13-5-7-15(8-6-13)21(19,20)16-10-3-2-4-14(16)9-11-17/h5-8,14,17H,2-4,9-11H2,1H3/t14-/m1/s1. The van der Waals surface area contributed by atoms with Crippen molar-refractivity contribution >= 4 is 15.8 Å². The lowest BCUT2D eigenvalue weighted by molar-refractivity contribution is 0.101. The minimum absolute atomic E-state index is 0.0139. The molecule has 0 radical (unpaired) electrons. The lowest BCUT2D eigenvalue weighted by Gasteiger charge is -2.34. The van der Waals surface area contributed by atoms with Crippen LogP contribution in [0.1, 0.15) is 43.0 Å². The lowest BCUT2D eigenvalue weighted by Crippen LogP contribution is -2.44. The third kappa shape index (κ3) is 3.51. The normalized spacial score (nSPS) is 20.4. The maximum absolute atomic E-state index is 12.7. The van der Waals surface area contributed by atoms with Gasteiger partial charge < -0.3 is 5.11 Å². The Labute approximate surface area is 125 Å². The number of aliphatic hydroxyl groups excluding tert-OH is 1. The molecule has 0 bridgehead atoms. The van der Waals surface area contributed by atoms with Crippen molar-refractivity contribution < 1.29 is 18.3 Å². The van der Waals surface area contributed by atoms with E-state index in [2.05, 4.69) is 0 Å². The third-order valence-electron chi connectivity index (χ3n) is 3.90. The van der Waals surface area contributed by atoms with Crippen LogP contribution in [0.4, 0.5) is 0 Å². The van der Waals surface area contributed by atoms with Gasteiger partial charge in [0.1, 0.15) is 0 Å². The summed E-state index contributed by atoms with van der Waals surface area (Å²) in [5, 5.41) is 9.11. The highest BCUT2D eigenvalue weighted by atomic mass is 32.2. The van der Waals surface area contributed by atoms with Crippen LogP contribution in [0.5, 0.6) is 0 Å². The summed E-state index contributed by atoms with van der Waals surface area (Å²) in [4.78, 5) is 11.5. The minimum Gasteiger partial charge on any atom is -0.396 e. The molecule has 116 valence electrons. The van der Waals surface area contributed by atoms with E-state index < -0.39 is 10.0 Å². The summed E-state index contributed by atoms with van der Waals surface area (Å²) < 4.78 is 26.9. The average Bonchev–Trinajstić information content (AvgIpc) is 2.48. The minimum atomic E-state index is -3.56.